The zero-order valence-electron chi connectivity index (χ0n) is 13.2. The Bertz CT molecular complexity index is 490. The molecule has 112 valence electrons. The molecule has 1 N–H and O–H groups in total. The summed E-state index contributed by atoms with van der Waals surface area (Å²) in [5.74, 6) is 0. The van der Waals surface area contributed by atoms with Crippen LogP contribution in [0.3, 0.4) is 0 Å². The first-order valence-electron chi connectivity index (χ1n) is 7.93. The monoisotopic (exact) mass is 277 g/mol. The summed E-state index contributed by atoms with van der Waals surface area (Å²) in [6, 6.07) is 0.877. The minimum atomic E-state index is 0.185. The molecule has 20 heavy (non-hydrogen) atoms. The van der Waals surface area contributed by atoms with E-state index in [0.29, 0.717) is 12.1 Å². The van der Waals surface area contributed by atoms with E-state index in [1.54, 1.807) is 0 Å². The summed E-state index contributed by atoms with van der Waals surface area (Å²) in [5, 5.41) is 8.19. The van der Waals surface area contributed by atoms with Crippen LogP contribution in [0.1, 0.15) is 68.1 Å². The molecule has 2 atom stereocenters. The molecule has 2 fully saturated rings. The normalized spacial score (nSPS) is 26.5. The summed E-state index contributed by atoms with van der Waals surface area (Å²) in [6.45, 7) is 7.44. The second-order valence-electron chi connectivity index (χ2n) is 6.57. The van der Waals surface area contributed by atoms with Gasteiger partial charge >= 0.3 is 0 Å². The Morgan fingerprint density at radius 1 is 1.40 bits per heavy atom. The standard InChI is InChI=1S/C16H27N3O/c1-11(17-4)15-12(2)18-19(13(15)3)14-6-9-20-16(10-14)7-5-8-16/h11,14,17H,5-10H2,1-4H3. The molecule has 0 radical (unpaired) electrons. The molecule has 1 spiro atoms. The van der Waals surface area contributed by atoms with Crippen LogP contribution in [-0.4, -0.2) is 29.0 Å². The van der Waals surface area contributed by atoms with Crippen LogP contribution in [0.5, 0.6) is 0 Å². The zero-order valence-corrected chi connectivity index (χ0v) is 13.2. The Hall–Kier alpha value is -0.870. The number of aromatic nitrogens is 2. The van der Waals surface area contributed by atoms with Gasteiger partial charge in [0.2, 0.25) is 0 Å². The van der Waals surface area contributed by atoms with E-state index >= 15 is 0 Å². The fourth-order valence-corrected chi connectivity index (χ4v) is 3.93. The quantitative estimate of drug-likeness (QED) is 0.923. The lowest BCUT2D eigenvalue weighted by molar-refractivity contribution is -0.141. The van der Waals surface area contributed by atoms with Crippen molar-refractivity contribution in [1.29, 1.82) is 0 Å². The highest BCUT2D eigenvalue weighted by Crippen LogP contribution is 2.46. The number of ether oxygens (including phenoxy) is 1. The van der Waals surface area contributed by atoms with Gasteiger partial charge in [0.25, 0.3) is 0 Å². The van der Waals surface area contributed by atoms with Crippen LogP contribution in [-0.2, 0) is 4.74 Å². The molecule has 4 nitrogen and oxygen atoms in total. The molecule has 1 saturated carbocycles. The molecular formula is C16H27N3O. The second kappa shape index (κ2) is 5.15. The summed E-state index contributed by atoms with van der Waals surface area (Å²) in [4.78, 5) is 0. The van der Waals surface area contributed by atoms with Gasteiger partial charge in [-0.3, -0.25) is 4.68 Å². The van der Waals surface area contributed by atoms with Crippen LogP contribution < -0.4 is 5.32 Å². The maximum absolute atomic E-state index is 6.05. The van der Waals surface area contributed by atoms with Crippen LogP contribution >= 0.6 is 0 Å². The predicted molar refractivity (Wildman–Crippen MR) is 80.0 cm³/mol. The Balaban J connectivity index is 1.86. The van der Waals surface area contributed by atoms with Crippen LogP contribution in [0.2, 0.25) is 0 Å². The first-order chi connectivity index (χ1) is 9.56. The molecule has 1 aromatic heterocycles. The topological polar surface area (TPSA) is 39.1 Å². The fourth-order valence-electron chi connectivity index (χ4n) is 3.93. The largest absolute Gasteiger partial charge is 0.375 e. The van der Waals surface area contributed by atoms with Crippen molar-refractivity contribution in [3.05, 3.63) is 17.0 Å². The van der Waals surface area contributed by atoms with Crippen molar-refractivity contribution >= 4 is 0 Å². The minimum absolute atomic E-state index is 0.185. The Morgan fingerprint density at radius 3 is 2.75 bits per heavy atom. The van der Waals surface area contributed by atoms with Gasteiger partial charge in [-0.05, 0) is 59.9 Å². The van der Waals surface area contributed by atoms with Crippen molar-refractivity contribution < 1.29 is 4.74 Å². The zero-order chi connectivity index (χ0) is 14.3. The highest BCUT2D eigenvalue weighted by atomic mass is 16.5. The maximum Gasteiger partial charge on any atom is 0.0703 e. The van der Waals surface area contributed by atoms with E-state index < -0.39 is 0 Å². The van der Waals surface area contributed by atoms with Crippen molar-refractivity contribution in [3.63, 3.8) is 0 Å². The highest BCUT2D eigenvalue weighted by molar-refractivity contribution is 5.28. The van der Waals surface area contributed by atoms with Gasteiger partial charge < -0.3 is 10.1 Å². The van der Waals surface area contributed by atoms with Gasteiger partial charge in [-0.15, -0.1) is 0 Å². The van der Waals surface area contributed by atoms with Gasteiger partial charge in [-0.2, -0.15) is 5.10 Å². The summed E-state index contributed by atoms with van der Waals surface area (Å²) < 4.78 is 8.32. The molecule has 3 rings (SSSR count). The summed E-state index contributed by atoms with van der Waals surface area (Å²) in [6.07, 6.45) is 6.04. The Labute approximate surface area is 121 Å². The molecule has 0 aromatic carbocycles. The van der Waals surface area contributed by atoms with E-state index in [4.69, 9.17) is 9.84 Å². The van der Waals surface area contributed by atoms with Crippen LogP contribution in [0, 0.1) is 13.8 Å². The van der Waals surface area contributed by atoms with Gasteiger partial charge in [0, 0.05) is 23.9 Å². The molecule has 1 aliphatic heterocycles. The second-order valence-corrected chi connectivity index (χ2v) is 6.57. The van der Waals surface area contributed by atoms with Gasteiger partial charge in [0.1, 0.15) is 0 Å². The minimum Gasteiger partial charge on any atom is -0.375 e. The van der Waals surface area contributed by atoms with E-state index in [1.165, 1.54) is 36.2 Å². The first-order valence-corrected chi connectivity index (χ1v) is 7.93. The molecule has 2 aliphatic rings. The molecule has 0 amide bonds. The average molecular weight is 277 g/mol. The van der Waals surface area contributed by atoms with E-state index in [-0.39, 0.29) is 5.60 Å². The Kier molecular flexibility index (Phi) is 3.63. The number of hydrogen-bond acceptors (Lipinski definition) is 3. The number of rotatable bonds is 3. The molecule has 1 aliphatic carbocycles. The molecule has 0 bridgehead atoms. The summed E-state index contributed by atoms with van der Waals surface area (Å²) in [5.41, 5.74) is 4.04. The van der Waals surface area contributed by atoms with Crippen LogP contribution in [0.25, 0.3) is 0 Å². The smallest absolute Gasteiger partial charge is 0.0703 e. The van der Waals surface area contributed by atoms with E-state index in [0.717, 1.165) is 19.4 Å². The number of hydrogen-bond donors (Lipinski definition) is 1. The van der Waals surface area contributed by atoms with Gasteiger partial charge in [-0.25, -0.2) is 0 Å². The van der Waals surface area contributed by atoms with Gasteiger partial charge in [0.05, 0.1) is 17.3 Å². The SMILES string of the molecule is CNC(C)c1c(C)nn(C2CCOC3(CCC3)C2)c1C. The van der Waals surface area contributed by atoms with Crippen LogP contribution in [0.4, 0.5) is 0 Å². The van der Waals surface area contributed by atoms with Crippen molar-refractivity contribution in [2.24, 2.45) is 0 Å². The predicted octanol–water partition coefficient (Wildman–Crippen LogP) is 3.05. The third kappa shape index (κ3) is 2.19. The number of aryl methyl sites for hydroxylation is 1. The number of nitrogens with one attached hydrogen (secondary N) is 1. The fraction of sp³-hybridized carbons (Fsp3) is 0.812. The van der Waals surface area contributed by atoms with E-state index in [9.17, 15) is 0 Å². The average Bonchev–Trinajstić information content (AvgIpc) is 2.72. The van der Waals surface area contributed by atoms with Crippen molar-refractivity contribution in [2.75, 3.05) is 13.7 Å². The van der Waals surface area contributed by atoms with Crippen LogP contribution in [0.15, 0.2) is 0 Å². The van der Waals surface area contributed by atoms with Crippen molar-refractivity contribution in [2.45, 2.75) is 70.6 Å². The third-order valence-electron chi connectivity index (χ3n) is 5.32. The van der Waals surface area contributed by atoms with Gasteiger partial charge in [-0.1, -0.05) is 0 Å². The first kappa shape index (κ1) is 14.1. The lowest BCUT2D eigenvalue weighted by Gasteiger charge is -2.47. The van der Waals surface area contributed by atoms with E-state index in [2.05, 4.69) is 30.8 Å². The highest BCUT2D eigenvalue weighted by Gasteiger charge is 2.43. The molecule has 1 aromatic rings. The number of nitrogens with zero attached hydrogens (tertiary/aromatic N) is 2. The van der Waals surface area contributed by atoms with Gasteiger partial charge in [0.15, 0.2) is 0 Å². The molecule has 1 saturated heterocycles. The molecule has 4 heteroatoms. The van der Waals surface area contributed by atoms with Crippen molar-refractivity contribution in [1.82, 2.24) is 15.1 Å². The maximum atomic E-state index is 6.05. The lowest BCUT2D eigenvalue weighted by atomic mass is 9.74. The van der Waals surface area contributed by atoms with Crippen molar-refractivity contribution in [3.8, 4) is 0 Å². The molecule has 2 unspecified atom stereocenters. The summed E-state index contributed by atoms with van der Waals surface area (Å²) in [7, 11) is 2.01. The Morgan fingerprint density at radius 2 is 2.15 bits per heavy atom. The lowest BCUT2D eigenvalue weighted by Crippen LogP contribution is -2.46. The van der Waals surface area contributed by atoms with E-state index in [1.807, 2.05) is 7.05 Å². The molecular weight excluding hydrogens is 250 g/mol. The summed E-state index contributed by atoms with van der Waals surface area (Å²) >= 11 is 0. The molecule has 2 heterocycles. The third-order valence-corrected chi connectivity index (χ3v) is 5.32.